The number of rotatable bonds is 4. The monoisotopic (exact) mass is 227 g/mol. The van der Waals surface area contributed by atoms with E-state index in [-0.39, 0.29) is 30.5 Å². The highest BCUT2D eigenvalue weighted by Crippen LogP contribution is 1.99. The van der Waals surface area contributed by atoms with Gasteiger partial charge in [-0.25, -0.2) is 4.79 Å². The Kier molecular flexibility index (Phi) is 4.31. The Balaban J connectivity index is 2.35. The SMILES string of the molecule is CCNC(=O)COC(=O)C1=CCC(=O)NN1. The molecule has 0 radical (unpaired) electrons. The van der Waals surface area contributed by atoms with Crippen LogP contribution in [0.3, 0.4) is 0 Å². The van der Waals surface area contributed by atoms with Crippen LogP contribution in [0.25, 0.3) is 0 Å². The smallest absolute Gasteiger partial charge is 0.356 e. The van der Waals surface area contributed by atoms with Gasteiger partial charge >= 0.3 is 5.97 Å². The van der Waals surface area contributed by atoms with Crippen molar-refractivity contribution in [3.8, 4) is 0 Å². The van der Waals surface area contributed by atoms with Crippen LogP contribution in [-0.4, -0.2) is 30.9 Å². The molecule has 0 saturated heterocycles. The van der Waals surface area contributed by atoms with Gasteiger partial charge in [-0.15, -0.1) is 0 Å². The normalized spacial score (nSPS) is 14.3. The summed E-state index contributed by atoms with van der Waals surface area (Å²) >= 11 is 0. The van der Waals surface area contributed by atoms with Crippen molar-refractivity contribution in [3.63, 3.8) is 0 Å². The minimum Gasteiger partial charge on any atom is -0.451 e. The number of carbonyl (C=O) groups excluding carboxylic acids is 3. The number of hydrogen-bond donors (Lipinski definition) is 3. The van der Waals surface area contributed by atoms with Crippen molar-refractivity contribution in [2.75, 3.05) is 13.2 Å². The van der Waals surface area contributed by atoms with Gasteiger partial charge in [0.1, 0.15) is 5.70 Å². The van der Waals surface area contributed by atoms with Crippen LogP contribution in [-0.2, 0) is 19.1 Å². The Labute approximate surface area is 92.2 Å². The van der Waals surface area contributed by atoms with Gasteiger partial charge in [-0.1, -0.05) is 0 Å². The lowest BCUT2D eigenvalue weighted by molar-refractivity contribution is -0.145. The van der Waals surface area contributed by atoms with Gasteiger partial charge in [-0.05, 0) is 13.0 Å². The number of amides is 2. The Morgan fingerprint density at radius 3 is 2.81 bits per heavy atom. The van der Waals surface area contributed by atoms with Crippen LogP contribution in [0.2, 0.25) is 0 Å². The number of carbonyl (C=O) groups is 3. The van der Waals surface area contributed by atoms with Crippen LogP contribution < -0.4 is 16.2 Å². The van der Waals surface area contributed by atoms with Crippen LogP contribution in [0.1, 0.15) is 13.3 Å². The van der Waals surface area contributed by atoms with E-state index in [0.717, 1.165) is 0 Å². The highest BCUT2D eigenvalue weighted by Gasteiger charge is 2.17. The molecule has 0 fully saturated rings. The summed E-state index contributed by atoms with van der Waals surface area (Å²) in [4.78, 5) is 33.1. The quantitative estimate of drug-likeness (QED) is 0.512. The molecular weight excluding hydrogens is 214 g/mol. The van der Waals surface area contributed by atoms with Crippen molar-refractivity contribution in [1.29, 1.82) is 0 Å². The van der Waals surface area contributed by atoms with Crippen LogP contribution >= 0.6 is 0 Å². The van der Waals surface area contributed by atoms with E-state index in [9.17, 15) is 14.4 Å². The maximum absolute atomic E-state index is 11.3. The van der Waals surface area contributed by atoms with E-state index >= 15 is 0 Å². The molecule has 0 spiro atoms. The first kappa shape index (κ1) is 12.0. The molecule has 1 heterocycles. The van der Waals surface area contributed by atoms with Crippen molar-refractivity contribution < 1.29 is 19.1 Å². The summed E-state index contributed by atoms with van der Waals surface area (Å²) < 4.78 is 4.70. The van der Waals surface area contributed by atoms with E-state index in [0.29, 0.717) is 6.54 Å². The van der Waals surface area contributed by atoms with E-state index in [1.807, 2.05) is 0 Å². The Morgan fingerprint density at radius 1 is 1.50 bits per heavy atom. The van der Waals surface area contributed by atoms with Gasteiger partial charge in [0.2, 0.25) is 5.91 Å². The third-order valence-electron chi connectivity index (χ3n) is 1.76. The molecule has 0 aromatic heterocycles. The fraction of sp³-hybridized carbons (Fsp3) is 0.444. The lowest BCUT2D eigenvalue weighted by Crippen LogP contribution is -2.42. The fourth-order valence-corrected chi connectivity index (χ4v) is 1.03. The van der Waals surface area contributed by atoms with Crippen molar-refractivity contribution in [2.45, 2.75) is 13.3 Å². The molecule has 16 heavy (non-hydrogen) atoms. The zero-order chi connectivity index (χ0) is 12.0. The minimum atomic E-state index is -0.675. The summed E-state index contributed by atoms with van der Waals surface area (Å²) in [6.07, 6.45) is 1.51. The van der Waals surface area contributed by atoms with Crippen molar-refractivity contribution in [3.05, 3.63) is 11.8 Å². The lowest BCUT2D eigenvalue weighted by atomic mass is 10.3. The molecule has 1 aliphatic rings. The van der Waals surface area contributed by atoms with Gasteiger partial charge in [0.15, 0.2) is 6.61 Å². The second kappa shape index (κ2) is 5.74. The summed E-state index contributed by atoms with van der Waals surface area (Å²) in [5.74, 6) is -1.28. The third kappa shape index (κ3) is 3.60. The molecule has 0 bridgehead atoms. The van der Waals surface area contributed by atoms with Gasteiger partial charge in [-0.3, -0.25) is 20.4 Å². The average Bonchev–Trinajstić information content (AvgIpc) is 2.27. The Morgan fingerprint density at radius 2 is 2.25 bits per heavy atom. The molecule has 0 saturated carbocycles. The van der Waals surface area contributed by atoms with Crippen molar-refractivity contribution >= 4 is 17.8 Å². The predicted octanol–water partition coefficient (Wildman–Crippen LogP) is -1.43. The summed E-state index contributed by atoms with van der Waals surface area (Å²) in [6.45, 7) is 1.91. The Hall–Kier alpha value is -2.05. The second-order valence-electron chi connectivity index (χ2n) is 3.02. The number of hydrogen-bond acceptors (Lipinski definition) is 5. The first-order chi connectivity index (χ1) is 7.63. The van der Waals surface area contributed by atoms with Crippen molar-refractivity contribution in [2.24, 2.45) is 0 Å². The van der Waals surface area contributed by atoms with Crippen LogP contribution in [0.4, 0.5) is 0 Å². The molecule has 7 nitrogen and oxygen atoms in total. The average molecular weight is 227 g/mol. The third-order valence-corrected chi connectivity index (χ3v) is 1.76. The molecule has 0 unspecified atom stereocenters. The predicted molar refractivity (Wildman–Crippen MR) is 53.6 cm³/mol. The number of nitrogens with one attached hydrogen (secondary N) is 3. The first-order valence-electron chi connectivity index (χ1n) is 4.82. The van der Waals surface area contributed by atoms with E-state index < -0.39 is 5.97 Å². The fourth-order valence-electron chi connectivity index (χ4n) is 1.03. The molecule has 0 aromatic rings. The largest absolute Gasteiger partial charge is 0.451 e. The first-order valence-corrected chi connectivity index (χ1v) is 4.82. The van der Waals surface area contributed by atoms with Gasteiger partial charge in [0.05, 0.1) is 0 Å². The van der Waals surface area contributed by atoms with Crippen LogP contribution in [0.5, 0.6) is 0 Å². The molecular formula is C9H13N3O4. The van der Waals surface area contributed by atoms with Gasteiger partial charge < -0.3 is 10.1 Å². The molecule has 0 aromatic carbocycles. The van der Waals surface area contributed by atoms with E-state index in [4.69, 9.17) is 4.74 Å². The molecule has 2 amide bonds. The zero-order valence-electron chi connectivity index (χ0n) is 8.83. The Bertz CT molecular complexity index is 338. The molecule has 7 heteroatoms. The summed E-state index contributed by atoms with van der Waals surface area (Å²) in [6, 6.07) is 0. The summed E-state index contributed by atoms with van der Waals surface area (Å²) in [5, 5.41) is 2.49. The highest BCUT2D eigenvalue weighted by molar-refractivity contribution is 5.92. The number of likely N-dealkylation sites (N-methyl/N-ethyl adjacent to an activating group) is 1. The molecule has 0 atom stereocenters. The maximum atomic E-state index is 11.3. The number of esters is 1. The molecule has 88 valence electrons. The number of hydrazine groups is 1. The number of ether oxygens (including phenoxy) is 1. The van der Waals surface area contributed by atoms with Crippen LogP contribution in [0.15, 0.2) is 11.8 Å². The maximum Gasteiger partial charge on any atom is 0.356 e. The molecule has 3 N–H and O–H groups in total. The lowest BCUT2D eigenvalue weighted by Gasteiger charge is -2.15. The van der Waals surface area contributed by atoms with E-state index in [1.54, 1.807) is 6.92 Å². The van der Waals surface area contributed by atoms with Gasteiger partial charge in [0, 0.05) is 13.0 Å². The molecule has 0 aliphatic carbocycles. The molecule has 1 aliphatic heterocycles. The van der Waals surface area contributed by atoms with E-state index in [1.165, 1.54) is 6.08 Å². The second-order valence-corrected chi connectivity index (χ2v) is 3.02. The highest BCUT2D eigenvalue weighted by atomic mass is 16.5. The standard InChI is InChI=1S/C9H13N3O4/c1-2-10-8(14)5-16-9(15)6-3-4-7(13)12-11-6/h3,11H,2,4-5H2,1H3,(H,10,14)(H,12,13). The van der Waals surface area contributed by atoms with Gasteiger partial charge in [-0.2, -0.15) is 0 Å². The summed E-state index contributed by atoms with van der Waals surface area (Å²) in [7, 11) is 0. The van der Waals surface area contributed by atoms with Gasteiger partial charge in [0.25, 0.3) is 5.91 Å². The molecule has 1 rings (SSSR count). The topological polar surface area (TPSA) is 96.5 Å². The minimum absolute atomic E-state index is 0.110. The van der Waals surface area contributed by atoms with Crippen LogP contribution in [0, 0.1) is 0 Å². The van der Waals surface area contributed by atoms with Crippen molar-refractivity contribution in [1.82, 2.24) is 16.2 Å². The van der Waals surface area contributed by atoms with E-state index in [2.05, 4.69) is 16.2 Å². The zero-order valence-corrected chi connectivity index (χ0v) is 8.83. The summed E-state index contributed by atoms with van der Waals surface area (Å²) in [5.41, 5.74) is 4.78.